The van der Waals surface area contributed by atoms with Crippen LogP contribution in [0.25, 0.3) is 43.8 Å². The fourth-order valence-electron chi connectivity index (χ4n) is 4.34. The highest BCUT2D eigenvalue weighted by atomic mass is 15.0. The lowest BCUT2D eigenvalue weighted by atomic mass is 10.1. The van der Waals surface area contributed by atoms with Gasteiger partial charge in [-0.2, -0.15) is 0 Å². The van der Waals surface area contributed by atoms with E-state index in [4.69, 9.17) is 9.97 Å². The van der Waals surface area contributed by atoms with Gasteiger partial charge in [-0.25, -0.2) is 9.97 Å². The van der Waals surface area contributed by atoms with Crippen LogP contribution < -0.4 is 5.32 Å². The number of hydrogen-bond acceptors (Lipinski definition) is 4. The van der Waals surface area contributed by atoms with E-state index in [1.54, 1.807) is 0 Å². The molecule has 1 heterocycles. The fourth-order valence-corrected chi connectivity index (χ4v) is 4.34. The van der Waals surface area contributed by atoms with E-state index < -0.39 is 0 Å². The Hall–Kier alpha value is -3.50. The van der Waals surface area contributed by atoms with Crippen molar-refractivity contribution in [1.29, 1.82) is 0 Å². The fraction of sp³-hybridized carbons (Fsp3) is 0.241. The number of hydrogen-bond donors (Lipinski definition) is 1. The third kappa shape index (κ3) is 4.81. The van der Waals surface area contributed by atoms with Crippen molar-refractivity contribution in [2.45, 2.75) is 19.3 Å². The summed E-state index contributed by atoms with van der Waals surface area (Å²) in [6.07, 6.45) is 3.54. The van der Waals surface area contributed by atoms with E-state index in [1.165, 1.54) is 34.4 Å². The molecule has 1 N–H and O–H groups in total. The molecule has 4 heteroatoms. The van der Waals surface area contributed by atoms with E-state index in [2.05, 4.69) is 103 Å². The van der Waals surface area contributed by atoms with Crippen LogP contribution in [0.5, 0.6) is 0 Å². The Balaban J connectivity index is 1.51. The van der Waals surface area contributed by atoms with Gasteiger partial charge in [0.05, 0.1) is 5.52 Å². The number of anilines is 1. The molecule has 0 aliphatic carbocycles. The van der Waals surface area contributed by atoms with Crippen LogP contribution in [0.15, 0.2) is 78.9 Å². The van der Waals surface area contributed by atoms with Crippen molar-refractivity contribution in [2.75, 3.05) is 32.5 Å². The van der Waals surface area contributed by atoms with Crippen molar-refractivity contribution in [3.8, 4) is 11.4 Å². The molecule has 1 aromatic heterocycles. The average molecular weight is 435 g/mol. The van der Waals surface area contributed by atoms with Crippen LogP contribution in [-0.2, 0) is 0 Å². The van der Waals surface area contributed by atoms with Gasteiger partial charge in [-0.3, -0.25) is 0 Å². The standard InChI is InChI=1S/C29H30N4/c1-33(2)17-9-3-8-16-30-29-26-19-23-12-6-7-13-24(23)20-27(26)31-28(32-29)25-15-14-21-10-4-5-11-22(21)18-25/h4-7,10-15,18-20H,3,8-9,16-17H2,1-2H3,(H,30,31,32). The van der Waals surface area contributed by atoms with Crippen LogP contribution in [-0.4, -0.2) is 42.1 Å². The van der Waals surface area contributed by atoms with Gasteiger partial charge in [0.15, 0.2) is 5.82 Å². The predicted molar refractivity (Wildman–Crippen MR) is 141 cm³/mol. The lowest BCUT2D eigenvalue weighted by molar-refractivity contribution is 0.393. The second-order valence-electron chi connectivity index (χ2n) is 8.96. The zero-order chi connectivity index (χ0) is 22.6. The second-order valence-corrected chi connectivity index (χ2v) is 8.96. The van der Waals surface area contributed by atoms with Gasteiger partial charge in [-0.1, -0.05) is 67.1 Å². The first-order chi connectivity index (χ1) is 16.2. The Morgan fingerprint density at radius 2 is 1.39 bits per heavy atom. The number of benzene rings is 4. The first-order valence-corrected chi connectivity index (χ1v) is 11.8. The Labute approximate surface area is 195 Å². The molecule has 0 saturated carbocycles. The molecule has 0 atom stereocenters. The lowest BCUT2D eigenvalue weighted by Crippen LogP contribution is -2.13. The molecule has 0 bridgehead atoms. The highest BCUT2D eigenvalue weighted by molar-refractivity contribution is 6.01. The smallest absolute Gasteiger partial charge is 0.162 e. The third-order valence-corrected chi connectivity index (χ3v) is 6.15. The monoisotopic (exact) mass is 434 g/mol. The lowest BCUT2D eigenvalue weighted by Gasteiger charge is -2.13. The first-order valence-electron chi connectivity index (χ1n) is 11.8. The highest BCUT2D eigenvalue weighted by Crippen LogP contribution is 2.30. The minimum absolute atomic E-state index is 0.763. The van der Waals surface area contributed by atoms with Gasteiger partial charge < -0.3 is 10.2 Å². The molecule has 5 aromatic rings. The normalized spacial score (nSPS) is 11.6. The molecule has 0 aliphatic heterocycles. The van der Waals surface area contributed by atoms with Gasteiger partial charge in [0.25, 0.3) is 0 Å². The molecule has 33 heavy (non-hydrogen) atoms. The molecule has 0 unspecified atom stereocenters. The van der Waals surface area contributed by atoms with Gasteiger partial charge in [-0.15, -0.1) is 0 Å². The van der Waals surface area contributed by atoms with Crippen LogP contribution in [0.4, 0.5) is 5.82 Å². The molecule has 0 radical (unpaired) electrons. The van der Waals surface area contributed by atoms with Crippen LogP contribution in [0.3, 0.4) is 0 Å². The first kappa shape index (κ1) is 21.4. The van der Waals surface area contributed by atoms with Gasteiger partial charge >= 0.3 is 0 Å². The molecular formula is C29H30N4. The Morgan fingerprint density at radius 3 is 2.15 bits per heavy atom. The Bertz CT molecular complexity index is 1410. The van der Waals surface area contributed by atoms with Crippen LogP contribution in [0, 0.1) is 0 Å². The van der Waals surface area contributed by atoms with Crippen molar-refractivity contribution in [1.82, 2.24) is 14.9 Å². The Kier molecular flexibility index (Phi) is 6.18. The van der Waals surface area contributed by atoms with Gasteiger partial charge in [0.2, 0.25) is 0 Å². The summed E-state index contributed by atoms with van der Waals surface area (Å²) in [6, 6.07) is 27.7. The topological polar surface area (TPSA) is 41.0 Å². The molecule has 4 aromatic carbocycles. The van der Waals surface area contributed by atoms with Crippen LogP contribution >= 0.6 is 0 Å². The predicted octanol–water partition coefficient (Wildman–Crippen LogP) is 6.75. The number of rotatable bonds is 8. The van der Waals surface area contributed by atoms with Crippen molar-refractivity contribution >= 4 is 38.3 Å². The van der Waals surface area contributed by atoms with Gasteiger partial charge in [-0.05, 0) is 73.2 Å². The Morgan fingerprint density at radius 1 is 0.697 bits per heavy atom. The number of nitrogens with one attached hydrogen (secondary N) is 1. The maximum Gasteiger partial charge on any atom is 0.162 e. The van der Waals surface area contributed by atoms with Crippen molar-refractivity contribution < 1.29 is 0 Å². The third-order valence-electron chi connectivity index (χ3n) is 6.15. The van der Waals surface area contributed by atoms with Gasteiger partial charge in [0.1, 0.15) is 5.82 Å². The van der Waals surface area contributed by atoms with Crippen molar-refractivity contribution in [2.24, 2.45) is 0 Å². The van der Waals surface area contributed by atoms with E-state index in [0.29, 0.717) is 0 Å². The van der Waals surface area contributed by atoms with Crippen molar-refractivity contribution in [3.63, 3.8) is 0 Å². The average Bonchev–Trinajstić information content (AvgIpc) is 2.84. The SMILES string of the molecule is CN(C)CCCCCNc1nc(-c2ccc3ccccc3c2)nc2cc3ccccc3cc12. The van der Waals surface area contributed by atoms with Gasteiger partial charge in [0, 0.05) is 17.5 Å². The molecule has 0 spiro atoms. The number of unbranched alkanes of at least 4 members (excludes halogenated alkanes) is 2. The molecule has 0 aliphatic rings. The van der Waals surface area contributed by atoms with E-state index >= 15 is 0 Å². The summed E-state index contributed by atoms with van der Waals surface area (Å²) < 4.78 is 0. The minimum Gasteiger partial charge on any atom is -0.369 e. The molecular weight excluding hydrogens is 404 g/mol. The molecule has 0 fully saturated rings. The van der Waals surface area contributed by atoms with E-state index in [1.807, 2.05) is 0 Å². The number of aromatic nitrogens is 2. The molecule has 5 rings (SSSR count). The minimum atomic E-state index is 0.763. The maximum absolute atomic E-state index is 5.00. The van der Waals surface area contributed by atoms with E-state index in [9.17, 15) is 0 Å². The number of nitrogens with zero attached hydrogens (tertiary/aromatic N) is 3. The van der Waals surface area contributed by atoms with Crippen molar-refractivity contribution in [3.05, 3.63) is 78.9 Å². The summed E-state index contributed by atoms with van der Waals surface area (Å²) in [5.41, 5.74) is 2.01. The van der Waals surface area contributed by atoms with Crippen LogP contribution in [0.2, 0.25) is 0 Å². The summed E-state index contributed by atoms with van der Waals surface area (Å²) in [7, 11) is 4.26. The number of fused-ring (bicyclic) bond motifs is 3. The molecule has 4 nitrogen and oxygen atoms in total. The van der Waals surface area contributed by atoms with E-state index in [-0.39, 0.29) is 0 Å². The summed E-state index contributed by atoms with van der Waals surface area (Å²) in [5.74, 6) is 1.68. The zero-order valence-corrected chi connectivity index (χ0v) is 19.4. The molecule has 0 saturated heterocycles. The quantitative estimate of drug-likeness (QED) is 0.217. The molecule has 0 amide bonds. The summed E-state index contributed by atoms with van der Waals surface area (Å²) in [4.78, 5) is 12.2. The second kappa shape index (κ2) is 9.55. The molecule has 166 valence electrons. The maximum atomic E-state index is 5.00. The van der Waals surface area contributed by atoms with Crippen LogP contribution in [0.1, 0.15) is 19.3 Å². The highest BCUT2D eigenvalue weighted by Gasteiger charge is 2.11. The summed E-state index contributed by atoms with van der Waals surface area (Å²) in [5, 5.41) is 9.53. The van der Waals surface area contributed by atoms with E-state index in [0.717, 1.165) is 47.6 Å². The zero-order valence-electron chi connectivity index (χ0n) is 19.4. The largest absolute Gasteiger partial charge is 0.369 e. The summed E-state index contributed by atoms with van der Waals surface area (Å²) in [6.45, 7) is 2.04. The summed E-state index contributed by atoms with van der Waals surface area (Å²) >= 11 is 0.